The Morgan fingerprint density at radius 1 is 1.00 bits per heavy atom. The van der Waals surface area contributed by atoms with Gasteiger partial charge < -0.3 is 20.4 Å². The van der Waals surface area contributed by atoms with Gasteiger partial charge in [-0.2, -0.15) is 0 Å². The van der Waals surface area contributed by atoms with Crippen LogP contribution in [0.4, 0.5) is 0 Å². The lowest BCUT2D eigenvalue weighted by Crippen LogP contribution is -2.65. The van der Waals surface area contributed by atoms with E-state index in [1.807, 2.05) is 0 Å². The first-order valence-electron chi connectivity index (χ1n) is 12.8. The lowest BCUT2D eigenvalue weighted by molar-refractivity contribution is -0.235. The highest BCUT2D eigenvalue weighted by atomic mass is 16.3. The van der Waals surface area contributed by atoms with E-state index in [4.69, 9.17) is 0 Å². The summed E-state index contributed by atoms with van der Waals surface area (Å²) >= 11 is 0. The molecule has 0 aliphatic heterocycles. The zero-order valence-corrected chi connectivity index (χ0v) is 19.6. The molecule has 5 unspecified atom stereocenters. The van der Waals surface area contributed by atoms with Crippen molar-refractivity contribution in [1.82, 2.24) is 0 Å². The van der Waals surface area contributed by atoms with Crippen LogP contribution in [0.15, 0.2) is 0 Å². The van der Waals surface area contributed by atoms with Gasteiger partial charge in [0.1, 0.15) is 0 Å². The molecule has 0 amide bonds. The normalized spacial score (nSPS) is 54.2. The van der Waals surface area contributed by atoms with Gasteiger partial charge in [0.2, 0.25) is 0 Å². The number of aliphatic hydroxyl groups excluding tert-OH is 4. The van der Waals surface area contributed by atoms with Gasteiger partial charge in [0.25, 0.3) is 0 Å². The molecule has 0 aromatic heterocycles. The largest absolute Gasteiger partial charge is 0.396 e. The van der Waals surface area contributed by atoms with Crippen LogP contribution in [-0.2, 0) is 0 Å². The second-order valence-corrected chi connectivity index (χ2v) is 12.1. The van der Waals surface area contributed by atoms with E-state index < -0.39 is 0 Å². The third-order valence-corrected chi connectivity index (χ3v) is 10.9. The Morgan fingerprint density at radius 2 is 1.73 bits per heavy atom. The van der Waals surface area contributed by atoms with Gasteiger partial charge in [0, 0.05) is 6.61 Å². The van der Waals surface area contributed by atoms with Crippen molar-refractivity contribution < 1.29 is 20.4 Å². The second kappa shape index (κ2) is 8.32. The van der Waals surface area contributed by atoms with Gasteiger partial charge in [-0.1, -0.05) is 34.1 Å². The number of fused-ring (bicyclic) bond motifs is 5. The standard InChI is InChI=1S/C26H46O4/c1-5-17-20-13-16(28)10-11-25(20,3)23-21(29)14-26(4)18(15(2)7-6-12-27)8-9-19(26)22(23)24(17)30/h15-24,27-30H,5-14H2,1-4H3/t15-,16-,17-,18-,19?,20+,21?,22?,23?,24?,25+,26-/m1/s1. The topological polar surface area (TPSA) is 80.9 Å². The Balaban J connectivity index is 1.68. The van der Waals surface area contributed by atoms with Gasteiger partial charge in [-0.15, -0.1) is 0 Å². The Bertz CT molecular complexity index is 610. The fourth-order valence-corrected chi connectivity index (χ4v) is 9.66. The molecule has 4 aliphatic rings. The quantitative estimate of drug-likeness (QED) is 0.540. The third kappa shape index (κ3) is 3.31. The summed E-state index contributed by atoms with van der Waals surface area (Å²) in [5.74, 6) is 2.45. The van der Waals surface area contributed by atoms with Gasteiger partial charge in [-0.25, -0.2) is 0 Å². The number of rotatable bonds is 5. The van der Waals surface area contributed by atoms with Crippen LogP contribution in [0, 0.1) is 52.3 Å². The minimum Gasteiger partial charge on any atom is -0.396 e. The Labute approximate surface area is 183 Å². The van der Waals surface area contributed by atoms with E-state index >= 15 is 0 Å². The molecule has 0 radical (unpaired) electrons. The number of hydrogen-bond donors (Lipinski definition) is 4. The molecule has 0 saturated heterocycles. The average molecular weight is 423 g/mol. The van der Waals surface area contributed by atoms with Crippen molar-refractivity contribution in [2.24, 2.45) is 52.3 Å². The summed E-state index contributed by atoms with van der Waals surface area (Å²) in [7, 11) is 0. The molecule has 0 aromatic rings. The monoisotopic (exact) mass is 422 g/mol. The van der Waals surface area contributed by atoms with Gasteiger partial charge in [-0.05, 0) is 104 Å². The summed E-state index contributed by atoms with van der Waals surface area (Å²) < 4.78 is 0. The number of hydrogen-bond acceptors (Lipinski definition) is 4. The van der Waals surface area contributed by atoms with Crippen molar-refractivity contribution >= 4 is 0 Å². The Morgan fingerprint density at radius 3 is 2.40 bits per heavy atom. The SMILES string of the molecule is CC[C@H]1C(O)C2C3CC[C@H]([C@H](C)CCCO)[C@@]3(C)CC(O)C2[C@@]2(C)CC[C@@H](O)C[C@@H]12. The van der Waals surface area contributed by atoms with E-state index in [9.17, 15) is 20.4 Å². The van der Waals surface area contributed by atoms with Crippen molar-refractivity contribution in [3.8, 4) is 0 Å². The average Bonchev–Trinajstić information content (AvgIpc) is 3.04. The van der Waals surface area contributed by atoms with Crippen LogP contribution in [0.3, 0.4) is 0 Å². The van der Waals surface area contributed by atoms with E-state index in [1.54, 1.807) is 0 Å². The van der Waals surface area contributed by atoms with Crippen LogP contribution in [0.2, 0.25) is 0 Å². The van der Waals surface area contributed by atoms with E-state index in [1.165, 1.54) is 6.42 Å². The van der Waals surface area contributed by atoms with Crippen LogP contribution < -0.4 is 0 Å². The maximum absolute atomic E-state index is 11.7. The molecule has 4 N–H and O–H groups in total. The predicted molar refractivity (Wildman–Crippen MR) is 119 cm³/mol. The van der Waals surface area contributed by atoms with E-state index in [0.717, 1.165) is 51.4 Å². The maximum atomic E-state index is 11.7. The smallest absolute Gasteiger partial charge is 0.0605 e. The minimum atomic E-state index is -0.367. The summed E-state index contributed by atoms with van der Waals surface area (Å²) in [6.07, 6.45) is 7.65. The third-order valence-electron chi connectivity index (χ3n) is 10.9. The van der Waals surface area contributed by atoms with Crippen LogP contribution in [0.1, 0.15) is 85.5 Å². The first-order chi connectivity index (χ1) is 14.2. The molecule has 0 spiro atoms. The van der Waals surface area contributed by atoms with Crippen molar-refractivity contribution in [2.45, 2.75) is 104 Å². The first kappa shape index (κ1) is 23.0. The summed E-state index contributed by atoms with van der Waals surface area (Å²) in [5, 5.41) is 43.1. The predicted octanol–water partition coefficient (Wildman–Crippen LogP) is 3.99. The fraction of sp³-hybridized carbons (Fsp3) is 1.00. The van der Waals surface area contributed by atoms with Gasteiger partial charge >= 0.3 is 0 Å². The summed E-state index contributed by atoms with van der Waals surface area (Å²) in [6, 6.07) is 0. The fourth-order valence-electron chi connectivity index (χ4n) is 9.66. The molecule has 30 heavy (non-hydrogen) atoms. The van der Waals surface area contributed by atoms with Gasteiger partial charge in [-0.3, -0.25) is 0 Å². The first-order valence-corrected chi connectivity index (χ1v) is 12.8. The van der Waals surface area contributed by atoms with Crippen molar-refractivity contribution in [1.29, 1.82) is 0 Å². The highest BCUT2D eigenvalue weighted by molar-refractivity contribution is 5.15. The molecule has 4 saturated carbocycles. The van der Waals surface area contributed by atoms with Crippen LogP contribution in [-0.4, -0.2) is 45.3 Å². The molecule has 0 bridgehead atoms. The Hall–Kier alpha value is -0.160. The molecule has 0 aromatic carbocycles. The zero-order valence-electron chi connectivity index (χ0n) is 19.6. The molecular weight excluding hydrogens is 376 g/mol. The van der Waals surface area contributed by atoms with Crippen LogP contribution >= 0.6 is 0 Å². The summed E-state index contributed by atoms with van der Waals surface area (Å²) in [4.78, 5) is 0. The van der Waals surface area contributed by atoms with Crippen molar-refractivity contribution in [3.05, 3.63) is 0 Å². The van der Waals surface area contributed by atoms with Gasteiger partial charge in [0.15, 0.2) is 0 Å². The molecule has 4 heteroatoms. The molecule has 12 atom stereocenters. The van der Waals surface area contributed by atoms with Crippen LogP contribution in [0.25, 0.3) is 0 Å². The maximum Gasteiger partial charge on any atom is 0.0605 e. The molecule has 174 valence electrons. The Kier molecular flexibility index (Phi) is 6.38. The minimum absolute atomic E-state index is 0.0190. The van der Waals surface area contributed by atoms with Gasteiger partial charge in [0.05, 0.1) is 18.3 Å². The van der Waals surface area contributed by atoms with E-state index in [2.05, 4.69) is 27.7 Å². The summed E-state index contributed by atoms with van der Waals surface area (Å²) in [6.45, 7) is 9.56. The molecule has 0 heterocycles. The van der Waals surface area contributed by atoms with Crippen molar-refractivity contribution in [2.75, 3.05) is 6.61 Å². The lowest BCUT2D eigenvalue weighted by atomic mass is 9.40. The highest BCUT2D eigenvalue weighted by Crippen LogP contribution is 2.69. The summed E-state index contributed by atoms with van der Waals surface area (Å²) in [5.41, 5.74) is 0.0945. The molecule has 4 fully saturated rings. The highest BCUT2D eigenvalue weighted by Gasteiger charge is 2.67. The molecule has 4 nitrogen and oxygen atoms in total. The van der Waals surface area contributed by atoms with E-state index in [-0.39, 0.29) is 53.5 Å². The van der Waals surface area contributed by atoms with Crippen LogP contribution in [0.5, 0.6) is 0 Å². The molecule has 4 aliphatic carbocycles. The zero-order chi connectivity index (χ0) is 21.8. The molecular formula is C26H46O4. The second-order valence-electron chi connectivity index (χ2n) is 12.1. The van der Waals surface area contributed by atoms with E-state index in [0.29, 0.717) is 23.7 Å². The molecule has 4 rings (SSSR count). The number of aliphatic hydroxyl groups is 4. The lowest BCUT2D eigenvalue weighted by Gasteiger charge is -2.66. The van der Waals surface area contributed by atoms with Crippen molar-refractivity contribution in [3.63, 3.8) is 0 Å².